The molecule has 0 aliphatic heterocycles. The van der Waals surface area contributed by atoms with E-state index in [9.17, 15) is 4.79 Å². The van der Waals surface area contributed by atoms with Gasteiger partial charge in [-0.3, -0.25) is 4.79 Å². The zero-order valence-corrected chi connectivity index (χ0v) is 25.9. The van der Waals surface area contributed by atoms with Crippen LogP contribution in [-0.2, 0) is 20.7 Å². The molecule has 0 aromatic heterocycles. The van der Waals surface area contributed by atoms with Crippen molar-refractivity contribution in [2.24, 2.45) is 0 Å². The molecule has 0 aliphatic rings. The molecule has 0 saturated carbocycles. The molecule has 0 heterocycles. The highest BCUT2D eigenvalue weighted by Gasteiger charge is 2.42. The zero-order valence-electron chi connectivity index (χ0n) is 25.0. The van der Waals surface area contributed by atoms with Gasteiger partial charge in [0.25, 0.3) is 0 Å². The van der Waals surface area contributed by atoms with Gasteiger partial charge in [-0.15, -0.1) is 11.8 Å². The Bertz CT molecular complexity index is 1450. The number of carbonyl (C=O) groups is 1. The Morgan fingerprint density at radius 2 is 1.05 bits per heavy atom. The molecule has 0 saturated heterocycles. The molecule has 0 spiro atoms. The molecule has 3 nitrogen and oxygen atoms in total. The maximum atomic E-state index is 14.6. The van der Waals surface area contributed by atoms with Crippen LogP contribution in [0.1, 0.15) is 40.8 Å². The highest BCUT2D eigenvalue weighted by atomic mass is 32.2. The Morgan fingerprint density at radius 3 is 1.47 bits per heavy atom. The van der Waals surface area contributed by atoms with E-state index in [2.05, 4.69) is 96.8 Å². The highest BCUT2D eigenvalue weighted by Crippen LogP contribution is 2.51. The molecule has 0 radical (unpaired) electrons. The van der Waals surface area contributed by atoms with Crippen molar-refractivity contribution in [1.29, 1.82) is 0 Å². The second-order valence-electron chi connectivity index (χ2n) is 11.0. The van der Waals surface area contributed by atoms with Gasteiger partial charge in [0.1, 0.15) is 11.4 Å². The summed E-state index contributed by atoms with van der Waals surface area (Å²) in [4.78, 5) is 16.7. The van der Waals surface area contributed by atoms with Crippen molar-refractivity contribution >= 4 is 17.7 Å². The summed E-state index contributed by atoms with van der Waals surface area (Å²) < 4.78 is 5.89. The molecular weight excluding hydrogens is 547 g/mol. The summed E-state index contributed by atoms with van der Waals surface area (Å²) in [7, 11) is 4.05. The summed E-state index contributed by atoms with van der Waals surface area (Å²) in [6, 6.07) is 51.9. The maximum absolute atomic E-state index is 14.6. The lowest BCUT2D eigenvalue weighted by atomic mass is 9.84. The van der Waals surface area contributed by atoms with Crippen LogP contribution in [0, 0.1) is 0 Å². The van der Waals surface area contributed by atoms with Gasteiger partial charge in [-0.25, -0.2) is 0 Å². The lowest BCUT2D eigenvalue weighted by Crippen LogP contribution is -2.38. The van der Waals surface area contributed by atoms with Crippen LogP contribution in [0.25, 0.3) is 0 Å². The normalized spacial score (nSPS) is 13.7. The van der Waals surface area contributed by atoms with Crippen molar-refractivity contribution in [2.45, 2.75) is 35.5 Å². The van der Waals surface area contributed by atoms with Crippen molar-refractivity contribution in [3.8, 4) is 0 Å². The molecule has 0 unspecified atom stereocenters. The molecule has 5 aromatic carbocycles. The number of carbonyl (C=O) groups excluding carboxylic acids is 1. The van der Waals surface area contributed by atoms with Crippen molar-refractivity contribution in [3.05, 3.63) is 179 Å². The largest absolute Gasteiger partial charge is 0.455 e. The number of hydrogen-bond donors (Lipinski definition) is 0. The average Bonchev–Trinajstić information content (AvgIpc) is 3.07. The van der Waals surface area contributed by atoms with Crippen molar-refractivity contribution < 1.29 is 9.53 Å². The van der Waals surface area contributed by atoms with Crippen LogP contribution in [0.4, 0.5) is 0 Å². The molecule has 0 bridgehead atoms. The zero-order chi connectivity index (χ0) is 30.1. The van der Waals surface area contributed by atoms with Crippen molar-refractivity contribution in [2.75, 3.05) is 14.1 Å². The Balaban J connectivity index is 1.64. The summed E-state index contributed by atoms with van der Waals surface area (Å²) in [5, 5.41) is -0.497. The molecule has 5 aromatic rings. The summed E-state index contributed by atoms with van der Waals surface area (Å²) in [6.45, 7) is 2.10. The lowest BCUT2D eigenvalue weighted by molar-refractivity contribution is -0.151. The van der Waals surface area contributed by atoms with Crippen LogP contribution < -0.4 is 0 Å². The Labute approximate surface area is 260 Å². The van der Waals surface area contributed by atoms with Gasteiger partial charge in [-0.2, -0.15) is 0 Å². The van der Waals surface area contributed by atoms with E-state index in [0.29, 0.717) is 6.42 Å². The molecule has 0 aliphatic carbocycles. The minimum Gasteiger partial charge on any atom is -0.455 e. The Morgan fingerprint density at radius 1 is 0.651 bits per heavy atom. The third-order valence-corrected chi connectivity index (χ3v) is 9.71. The SMILES string of the molecule is C[C@@H]([C@@H](OC(=O)[C@H](Cc1ccccc1)SC(c1ccccc1)(c1ccccc1)c1ccccc1)c1ccccc1)N(C)C. The smallest absolute Gasteiger partial charge is 0.320 e. The number of rotatable bonds is 12. The number of thioether (sulfide) groups is 1. The van der Waals surface area contributed by atoms with Crippen LogP contribution in [0.2, 0.25) is 0 Å². The minimum atomic E-state index is -0.655. The predicted octanol–water partition coefficient (Wildman–Crippen LogP) is 8.56. The monoisotopic (exact) mass is 585 g/mol. The van der Waals surface area contributed by atoms with Crippen LogP contribution in [0.3, 0.4) is 0 Å². The highest BCUT2D eigenvalue weighted by molar-refractivity contribution is 8.01. The van der Waals surface area contributed by atoms with Crippen LogP contribution in [0.5, 0.6) is 0 Å². The van der Waals surface area contributed by atoms with Crippen LogP contribution in [0.15, 0.2) is 152 Å². The summed E-state index contributed by atoms with van der Waals surface area (Å²) in [6.07, 6.45) is 0.123. The standard InChI is InChI=1S/C39H39NO2S/c1-30(40(2)3)37(32-21-11-5-12-22-32)42-38(41)36(29-31-19-9-4-10-20-31)43-39(33-23-13-6-14-24-33,34-25-15-7-16-26-34)35-27-17-8-18-28-35/h4-28,30,36-37H,29H2,1-3H3/t30-,36-,37+/m0/s1. The van der Waals surface area contributed by atoms with Gasteiger partial charge >= 0.3 is 5.97 Å². The third-order valence-electron chi connectivity index (χ3n) is 8.01. The van der Waals surface area contributed by atoms with Crippen molar-refractivity contribution in [3.63, 3.8) is 0 Å². The van der Waals surface area contributed by atoms with E-state index in [1.807, 2.05) is 80.8 Å². The topological polar surface area (TPSA) is 29.5 Å². The van der Waals surface area contributed by atoms with E-state index in [4.69, 9.17) is 4.74 Å². The number of nitrogens with zero attached hydrogens (tertiary/aromatic N) is 1. The summed E-state index contributed by atoms with van der Waals surface area (Å²) >= 11 is 1.67. The first-order chi connectivity index (χ1) is 21.0. The first-order valence-electron chi connectivity index (χ1n) is 14.8. The molecule has 5 rings (SSSR count). The first kappa shape index (κ1) is 30.3. The van der Waals surface area contributed by atoms with E-state index in [-0.39, 0.29) is 12.0 Å². The average molecular weight is 586 g/mol. The van der Waals surface area contributed by atoms with Gasteiger partial charge in [-0.05, 0) is 55.3 Å². The second kappa shape index (κ2) is 14.4. The fraction of sp³-hybridized carbons (Fsp3) is 0.205. The van der Waals surface area contributed by atoms with Gasteiger partial charge in [0.05, 0.1) is 4.75 Å². The molecule has 218 valence electrons. The fourth-order valence-electron chi connectivity index (χ4n) is 5.50. The van der Waals surface area contributed by atoms with Gasteiger partial charge in [0.15, 0.2) is 0 Å². The van der Waals surface area contributed by atoms with Crippen LogP contribution >= 0.6 is 11.8 Å². The number of ether oxygens (including phenoxy) is 1. The van der Waals surface area contributed by atoms with Gasteiger partial charge < -0.3 is 9.64 Å². The van der Waals surface area contributed by atoms with Gasteiger partial charge in [-0.1, -0.05) is 152 Å². The lowest BCUT2D eigenvalue weighted by Gasteiger charge is -2.38. The summed E-state index contributed by atoms with van der Waals surface area (Å²) in [5.41, 5.74) is 5.43. The van der Waals surface area contributed by atoms with E-state index in [1.54, 1.807) is 11.8 Å². The quantitative estimate of drug-likeness (QED) is 0.108. The molecule has 0 amide bonds. The Hall–Kier alpha value is -4.12. The van der Waals surface area contributed by atoms with E-state index < -0.39 is 16.1 Å². The molecule has 4 heteroatoms. The van der Waals surface area contributed by atoms with E-state index in [0.717, 1.165) is 27.8 Å². The molecule has 0 fully saturated rings. The predicted molar refractivity (Wildman–Crippen MR) is 179 cm³/mol. The Kier molecular flexibility index (Phi) is 10.1. The van der Waals surface area contributed by atoms with E-state index >= 15 is 0 Å². The van der Waals surface area contributed by atoms with Gasteiger partial charge in [0, 0.05) is 6.04 Å². The first-order valence-corrected chi connectivity index (χ1v) is 15.7. The maximum Gasteiger partial charge on any atom is 0.320 e. The number of likely N-dealkylation sites (N-methyl/N-ethyl adjacent to an activating group) is 1. The molecule has 3 atom stereocenters. The molecule has 0 N–H and O–H groups in total. The van der Waals surface area contributed by atoms with Crippen LogP contribution in [-0.4, -0.2) is 36.3 Å². The second-order valence-corrected chi connectivity index (χ2v) is 12.5. The molecular formula is C39H39NO2S. The number of hydrogen-bond acceptors (Lipinski definition) is 4. The molecule has 43 heavy (non-hydrogen) atoms. The number of esters is 1. The fourth-order valence-corrected chi connectivity index (χ4v) is 7.17. The summed E-state index contributed by atoms with van der Waals surface area (Å²) in [5.74, 6) is -0.219. The van der Waals surface area contributed by atoms with Crippen molar-refractivity contribution in [1.82, 2.24) is 4.90 Å². The third kappa shape index (κ3) is 7.10. The van der Waals surface area contributed by atoms with E-state index in [1.165, 1.54) is 0 Å². The minimum absolute atomic E-state index is 0.0177. The van der Waals surface area contributed by atoms with Gasteiger partial charge in [0.2, 0.25) is 0 Å². The number of benzene rings is 5.